The number of halogens is 4. The van der Waals surface area contributed by atoms with E-state index in [0.717, 1.165) is 18.2 Å². The molecule has 0 aromatic heterocycles. The van der Waals surface area contributed by atoms with Gasteiger partial charge in [-0.15, -0.1) is 0 Å². The van der Waals surface area contributed by atoms with E-state index in [2.05, 4.69) is 5.32 Å². The molecule has 16 heavy (non-hydrogen) atoms. The summed E-state index contributed by atoms with van der Waals surface area (Å²) in [7, 11) is 0. The summed E-state index contributed by atoms with van der Waals surface area (Å²) in [6.45, 7) is 0.444. The zero-order valence-corrected chi connectivity index (χ0v) is 8.24. The van der Waals surface area contributed by atoms with E-state index in [1.165, 1.54) is 0 Å². The van der Waals surface area contributed by atoms with Crippen LogP contribution in [-0.4, -0.2) is 13.1 Å². The first kappa shape index (κ1) is 11.3. The number of nitrogens with one attached hydrogen (secondary N) is 1. The molecule has 2 rings (SSSR count). The molecule has 0 spiro atoms. The SMILES string of the molecule is NC1(c2cc(F)ccc2C(F)(F)F)CNC1. The van der Waals surface area contributed by atoms with Crippen LogP contribution in [0.25, 0.3) is 0 Å². The standard InChI is InChI=1S/C10H10F4N2/c11-6-1-2-7(10(12,13)14)8(3-6)9(15)4-16-5-9/h1-3,16H,4-5,15H2. The maximum absolute atomic E-state index is 13.0. The van der Waals surface area contributed by atoms with Crippen LogP contribution in [0.3, 0.4) is 0 Å². The summed E-state index contributed by atoms with van der Waals surface area (Å²) < 4.78 is 51.0. The van der Waals surface area contributed by atoms with Crippen molar-refractivity contribution in [1.82, 2.24) is 5.32 Å². The lowest BCUT2D eigenvalue weighted by atomic mass is 9.82. The van der Waals surface area contributed by atoms with Gasteiger partial charge in [-0.05, 0) is 23.8 Å². The summed E-state index contributed by atoms with van der Waals surface area (Å²) in [5.41, 5.74) is 3.60. The molecule has 0 bridgehead atoms. The molecular weight excluding hydrogens is 224 g/mol. The molecular formula is C10H10F4N2. The Labute approximate surface area is 89.4 Å². The molecule has 1 fully saturated rings. The number of rotatable bonds is 1. The van der Waals surface area contributed by atoms with Gasteiger partial charge in [0.15, 0.2) is 0 Å². The van der Waals surface area contributed by atoms with Crippen LogP contribution in [0.5, 0.6) is 0 Å². The molecule has 1 aliphatic heterocycles. The fourth-order valence-electron chi connectivity index (χ4n) is 1.76. The summed E-state index contributed by atoms with van der Waals surface area (Å²) in [6.07, 6.45) is -4.51. The average molecular weight is 234 g/mol. The van der Waals surface area contributed by atoms with Crippen LogP contribution in [0.1, 0.15) is 11.1 Å². The van der Waals surface area contributed by atoms with E-state index in [0.29, 0.717) is 0 Å². The predicted molar refractivity (Wildman–Crippen MR) is 50.1 cm³/mol. The minimum absolute atomic E-state index is 0.182. The maximum Gasteiger partial charge on any atom is 0.416 e. The van der Waals surface area contributed by atoms with E-state index < -0.39 is 23.1 Å². The molecule has 0 saturated carbocycles. The molecule has 1 aromatic rings. The van der Waals surface area contributed by atoms with E-state index >= 15 is 0 Å². The molecule has 88 valence electrons. The predicted octanol–water partition coefficient (Wildman–Crippen LogP) is 1.60. The van der Waals surface area contributed by atoms with Crippen molar-refractivity contribution in [2.45, 2.75) is 11.7 Å². The molecule has 3 N–H and O–H groups in total. The van der Waals surface area contributed by atoms with E-state index in [4.69, 9.17) is 5.73 Å². The van der Waals surface area contributed by atoms with Crippen LogP contribution in [-0.2, 0) is 11.7 Å². The van der Waals surface area contributed by atoms with Gasteiger partial charge in [-0.2, -0.15) is 13.2 Å². The van der Waals surface area contributed by atoms with Crippen molar-refractivity contribution < 1.29 is 17.6 Å². The van der Waals surface area contributed by atoms with Crippen LogP contribution in [0.4, 0.5) is 17.6 Å². The van der Waals surface area contributed by atoms with Crippen molar-refractivity contribution in [2.75, 3.05) is 13.1 Å². The normalized spacial score (nSPS) is 19.3. The minimum atomic E-state index is -4.51. The zero-order valence-electron chi connectivity index (χ0n) is 8.24. The largest absolute Gasteiger partial charge is 0.416 e. The third-order valence-corrected chi connectivity index (χ3v) is 2.70. The smallest absolute Gasteiger partial charge is 0.319 e. The van der Waals surface area contributed by atoms with E-state index in [-0.39, 0.29) is 18.7 Å². The third kappa shape index (κ3) is 1.78. The number of hydrogen-bond donors (Lipinski definition) is 2. The van der Waals surface area contributed by atoms with Crippen LogP contribution < -0.4 is 11.1 Å². The third-order valence-electron chi connectivity index (χ3n) is 2.70. The molecule has 0 unspecified atom stereocenters. The van der Waals surface area contributed by atoms with Crippen molar-refractivity contribution in [2.24, 2.45) is 5.73 Å². The van der Waals surface area contributed by atoms with Gasteiger partial charge in [-0.25, -0.2) is 4.39 Å². The van der Waals surface area contributed by atoms with Gasteiger partial charge in [0.25, 0.3) is 0 Å². The fourth-order valence-corrected chi connectivity index (χ4v) is 1.76. The Bertz CT molecular complexity index is 410. The van der Waals surface area contributed by atoms with Gasteiger partial charge in [-0.1, -0.05) is 0 Å². The highest BCUT2D eigenvalue weighted by atomic mass is 19.4. The van der Waals surface area contributed by atoms with Crippen LogP contribution in [0, 0.1) is 5.82 Å². The highest BCUT2D eigenvalue weighted by Gasteiger charge is 2.43. The lowest BCUT2D eigenvalue weighted by Crippen LogP contribution is -2.63. The van der Waals surface area contributed by atoms with Crippen LogP contribution in [0.15, 0.2) is 18.2 Å². The summed E-state index contributed by atoms with van der Waals surface area (Å²) in [6, 6.07) is 2.39. The Morgan fingerprint density at radius 1 is 1.25 bits per heavy atom. The summed E-state index contributed by atoms with van der Waals surface area (Å²) in [4.78, 5) is 0. The van der Waals surface area contributed by atoms with Crippen LogP contribution in [0.2, 0.25) is 0 Å². The van der Waals surface area contributed by atoms with Gasteiger partial charge in [0.2, 0.25) is 0 Å². The Morgan fingerprint density at radius 3 is 2.31 bits per heavy atom. The first-order chi connectivity index (χ1) is 7.33. The van der Waals surface area contributed by atoms with Gasteiger partial charge >= 0.3 is 6.18 Å². The molecule has 0 amide bonds. The molecule has 1 aromatic carbocycles. The molecule has 6 heteroatoms. The Morgan fingerprint density at radius 2 is 1.88 bits per heavy atom. The van der Waals surface area contributed by atoms with Crippen molar-refractivity contribution in [3.8, 4) is 0 Å². The summed E-state index contributed by atoms with van der Waals surface area (Å²) in [5, 5.41) is 2.78. The Hall–Kier alpha value is -1.14. The van der Waals surface area contributed by atoms with E-state index in [9.17, 15) is 17.6 Å². The lowest BCUT2D eigenvalue weighted by Gasteiger charge is -2.40. The van der Waals surface area contributed by atoms with Crippen molar-refractivity contribution >= 4 is 0 Å². The number of benzene rings is 1. The molecule has 1 saturated heterocycles. The first-order valence-corrected chi connectivity index (χ1v) is 4.70. The second kappa shape index (κ2) is 3.43. The number of hydrogen-bond acceptors (Lipinski definition) is 2. The van der Waals surface area contributed by atoms with Gasteiger partial charge in [0.05, 0.1) is 11.1 Å². The first-order valence-electron chi connectivity index (χ1n) is 4.70. The monoisotopic (exact) mass is 234 g/mol. The van der Waals surface area contributed by atoms with Crippen molar-refractivity contribution in [3.05, 3.63) is 35.1 Å². The summed E-state index contributed by atoms with van der Waals surface area (Å²) >= 11 is 0. The van der Waals surface area contributed by atoms with Gasteiger partial charge in [0, 0.05) is 13.1 Å². The van der Waals surface area contributed by atoms with Crippen molar-refractivity contribution in [1.29, 1.82) is 0 Å². The fraction of sp³-hybridized carbons (Fsp3) is 0.400. The number of nitrogens with two attached hydrogens (primary N) is 1. The molecule has 0 radical (unpaired) electrons. The van der Waals surface area contributed by atoms with Gasteiger partial charge in [0.1, 0.15) is 5.82 Å². The quantitative estimate of drug-likeness (QED) is 0.724. The topological polar surface area (TPSA) is 38.0 Å². The molecule has 2 nitrogen and oxygen atoms in total. The minimum Gasteiger partial charge on any atom is -0.319 e. The number of alkyl halides is 3. The molecule has 1 aliphatic rings. The maximum atomic E-state index is 13.0. The second-order valence-electron chi connectivity index (χ2n) is 3.95. The van der Waals surface area contributed by atoms with E-state index in [1.54, 1.807) is 0 Å². The van der Waals surface area contributed by atoms with Crippen LogP contribution >= 0.6 is 0 Å². The average Bonchev–Trinajstić information content (AvgIpc) is 2.12. The molecule has 0 atom stereocenters. The zero-order chi connectivity index (χ0) is 12.0. The Kier molecular flexibility index (Phi) is 2.43. The van der Waals surface area contributed by atoms with Gasteiger partial charge < -0.3 is 11.1 Å². The second-order valence-corrected chi connectivity index (χ2v) is 3.95. The van der Waals surface area contributed by atoms with E-state index in [1.807, 2.05) is 0 Å². The molecule has 0 aliphatic carbocycles. The highest BCUT2D eigenvalue weighted by molar-refractivity contribution is 5.38. The Balaban J connectivity index is 2.53. The highest BCUT2D eigenvalue weighted by Crippen LogP contribution is 2.37. The molecule has 1 heterocycles. The van der Waals surface area contributed by atoms with Gasteiger partial charge in [-0.3, -0.25) is 0 Å². The summed E-state index contributed by atoms with van der Waals surface area (Å²) in [5.74, 6) is -0.709. The van der Waals surface area contributed by atoms with Crippen molar-refractivity contribution in [3.63, 3.8) is 0 Å². The lowest BCUT2D eigenvalue weighted by molar-refractivity contribution is -0.139.